The number of nitrogens with one attached hydrogen (secondary N) is 1. The first kappa shape index (κ1) is 25.1. The van der Waals surface area contributed by atoms with Gasteiger partial charge in [0.1, 0.15) is 6.04 Å². The van der Waals surface area contributed by atoms with Crippen LogP contribution in [0.3, 0.4) is 0 Å². The minimum atomic E-state index is -0.0999. The second-order valence-corrected chi connectivity index (χ2v) is 10.9. The average molecular weight is 524 g/mol. The largest absolute Gasteiger partial charge is 0.383 e. The summed E-state index contributed by atoms with van der Waals surface area (Å²) >= 11 is 12.9. The summed E-state index contributed by atoms with van der Waals surface area (Å²) in [5.74, 6) is 1.31. The lowest BCUT2D eigenvalue weighted by molar-refractivity contribution is 0.186. The van der Waals surface area contributed by atoms with Gasteiger partial charge in [0.05, 0.1) is 29.1 Å². The Hall–Kier alpha value is -2.61. The molecule has 4 atom stereocenters. The maximum absolute atomic E-state index is 6.94. The van der Waals surface area contributed by atoms with E-state index < -0.39 is 0 Å². The molecule has 2 saturated heterocycles. The summed E-state index contributed by atoms with van der Waals surface area (Å²) in [5.41, 5.74) is 4.17. The molecule has 6 nitrogen and oxygen atoms in total. The topological polar surface area (TPSA) is 45.6 Å². The van der Waals surface area contributed by atoms with E-state index in [1.54, 1.807) is 7.11 Å². The molecule has 8 heteroatoms. The molecule has 2 fully saturated rings. The highest BCUT2D eigenvalue weighted by Gasteiger charge is 2.42. The van der Waals surface area contributed by atoms with Crippen molar-refractivity contribution in [1.29, 1.82) is 0 Å². The van der Waals surface area contributed by atoms with Crippen molar-refractivity contribution in [2.45, 2.75) is 38.9 Å². The molecular formula is C28H34ClN5OS. The summed E-state index contributed by atoms with van der Waals surface area (Å²) in [6, 6.07) is 16.4. The summed E-state index contributed by atoms with van der Waals surface area (Å²) in [6.07, 6.45) is 5.19. The number of aromatic nitrogens is 2. The molecular weight excluding hydrogens is 490 g/mol. The van der Waals surface area contributed by atoms with Gasteiger partial charge >= 0.3 is 0 Å². The van der Waals surface area contributed by atoms with E-state index in [1.807, 2.05) is 24.4 Å². The molecule has 0 amide bonds. The Balaban J connectivity index is 1.53. The van der Waals surface area contributed by atoms with Gasteiger partial charge in [-0.1, -0.05) is 31.5 Å². The Kier molecular flexibility index (Phi) is 7.51. The maximum atomic E-state index is 6.94. The lowest BCUT2D eigenvalue weighted by Gasteiger charge is -2.37. The molecule has 2 aliphatic rings. The standard InChI is InChI=1S/C28H34ClN5OS/c1-19-15-20(2)18-33(17-19)24-10-9-21(16-22(24)29)34-27(25-8-6-12-32(25)13-14-35-3)26(31-28(34)36)23-7-4-5-11-30-23/h4-12,16,19-20,26-27H,13-15,17-18H2,1-3H3,(H,31,36)/t19-,20+,26-,27-/m0/s1. The number of pyridine rings is 1. The number of anilines is 2. The highest BCUT2D eigenvalue weighted by Crippen LogP contribution is 2.43. The zero-order chi connectivity index (χ0) is 25.2. The highest BCUT2D eigenvalue weighted by atomic mass is 35.5. The van der Waals surface area contributed by atoms with E-state index in [9.17, 15) is 0 Å². The fourth-order valence-corrected chi connectivity index (χ4v) is 6.42. The number of piperidine rings is 1. The molecule has 0 bridgehead atoms. The first-order chi connectivity index (χ1) is 17.5. The van der Waals surface area contributed by atoms with Crippen LogP contribution >= 0.6 is 23.8 Å². The van der Waals surface area contributed by atoms with Crippen LogP contribution in [0.1, 0.15) is 43.7 Å². The zero-order valence-corrected chi connectivity index (χ0v) is 22.7. The van der Waals surface area contributed by atoms with Crippen LogP contribution in [0.25, 0.3) is 0 Å². The Bertz CT molecular complexity index is 1190. The first-order valence-corrected chi connectivity index (χ1v) is 13.4. The van der Waals surface area contributed by atoms with Crippen molar-refractivity contribution >= 4 is 40.3 Å². The SMILES string of the molecule is COCCn1cccc1[C@H]1[C@H](c2ccccn2)NC(=S)N1c1ccc(N2C[C@H](C)C[C@H](C)C2)c(Cl)c1. The van der Waals surface area contributed by atoms with Gasteiger partial charge in [-0.15, -0.1) is 0 Å². The number of hydrogen-bond acceptors (Lipinski definition) is 4. The summed E-state index contributed by atoms with van der Waals surface area (Å²) < 4.78 is 7.60. The Morgan fingerprint density at radius 1 is 1.11 bits per heavy atom. The number of thiocarbonyl (C=S) groups is 1. The summed E-state index contributed by atoms with van der Waals surface area (Å²) in [6.45, 7) is 8.10. The number of nitrogens with zero attached hydrogens (tertiary/aromatic N) is 4. The molecule has 36 heavy (non-hydrogen) atoms. The van der Waals surface area contributed by atoms with E-state index in [1.165, 1.54) is 6.42 Å². The molecule has 0 spiro atoms. The van der Waals surface area contributed by atoms with Gasteiger partial charge in [0.25, 0.3) is 0 Å². The predicted molar refractivity (Wildman–Crippen MR) is 151 cm³/mol. The fraction of sp³-hybridized carbons (Fsp3) is 0.429. The van der Waals surface area contributed by atoms with Gasteiger partial charge in [-0.2, -0.15) is 0 Å². The van der Waals surface area contributed by atoms with E-state index in [2.05, 4.69) is 75.0 Å². The van der Waals surface area contributed by atoms with Gasteiger partial charge in [0.15, 0.2) is 5.11 Å². The Labute approximate surface area is 224 Å². The van der Waals surface area contributed by atoms with E-state index in [0.717, 1.165) is 47.4 Å². The second-order valence-electron chi connectivity index (χ2n) is 10.1. The molecule has 0 radical (unpaired) electrons. The molecule has 0 unspecified atom stereocenters. The van der Waals surface area contributed by atoms with Gasteiger partial charge in [-0.3, -0.25) is 4.98 Å². The van der Waals surface area contributed by atoms with Crippen molar-refractivity contribution < 1.29 is 4.74 Å². The maximum Gasteiger partial charge on any atom is 0.174 e. The highest BCUT2D eigenvalue weighted by molar-refractivity contribution is 7.80. The molecule has 0 aliphatic carbocycles. The van der Waals surface area contributed by atoms with E-state index in [4.69, 9.17) is 28.6 Å². The molecule has 2 aromatic heterocycles. The third-order valence-electron chi connectivity index (χ3n) is 7.22. The summed E-state index contributed by atoms with van der Waals surface area (Å²) in [5, 5.41) is 4.97. The van der Waals surface area contributed by atoms with Crippen molar-refractivity contribution in [2.75, 3.05) is 36.6 Å². The average Bonchev–Trinajstić information content (AvgIpc) is 3.46. The summed E-state index contributed by atoms with van der Waals surface area (Å²) in [4.78, 5) is 9.28. The molecule has 3 aromatic rings. The molecule has 1 N–H and O–H groups in total. The van der Waals surface area contributed by atoms with Crippen LogP contribution in [-0.2, 0) is 11.3 Å². The van der Waals surface area contributed by atoms with Gasteiger partial charge in [-0.25, -0.2) is 0 Å². The van der Waals surface area contributed by atoms with Gasteiger partial charge < -0.3 is 24.4 Å². The number of benzene rings is 1. The van der Waals surface area contributed by atoms with E-state index >= 15 is 0 Å². The monoisotopic (exact) mass is 523 g/mol. The van der Waals surface area contributed by atoms with E-state index in [0.29, 0.717) is 23.6 Å². The third-order valence-corrected chi connectivity index (χ3v) is 7.84. The summed E-state index contributed by atoms with van der Waals surface area (Å²) in [7, 11) is 1.73. The Morgan fingerprint density at radius 3 is 2.61 bits per heavy atom. The number of ether oxygens (including phenoxy) is 1. The molecule has 2 aliphatic heterocycles. The van der Waals surface area contributed by atoms with Crippen LogP contribution in [0, 0.1) is 11.8 Å². The van der Waals surface area contributed by atoms with Crippen LogP contribution < -0.4 is 15.1 Å². The number of hydrogen-bond donors (Lipinski definition) is 1. The fourth-order valence-electron chi connectivity index (χ4n) is 5.78. The smallest absolute Gasteiger partial charge is 0.174 e. The minimum absolute atomic E-state index is 0.0868. The molecule has 190 valence electrons. The van der Waals surface area contributed by atoms with Crippen molar-refractivity contribution in [2.24, 2.45) is 11.8 Å². The lowest BCUT2D eigenvalue weighted by atomic mass is 9.91. The molecule has 0 saturated carbocycles. The lowest BCUT2D eigenvalue weighted by Crippen LogP contribution is -2.38. The number of methoxy groups -OCH3 is 1. The van der Waals surface area contributed by atoms with Gasteiger partial charge in [0.2, 0.25) is 0 Å². The van der Waals surface area contributed by atoms with Crippen molar-refractivity contribution in [3.05, 3.63) is 77.3 Å². The van der Waals surface area contributed by atoms with Gasteiger partial charge in [0, 0.05) is 50.5 Å². The third kappa shape index (κ3) is 4.97. The minimum Gasteiger partial charge on any atom is -0.383 e. The normalized spacial score (nSPS) is 24.3. The van der Waals surface area contributed by atoms with Crippen LogP contribution in [-0.4, -0.2) is 41.5 Å². The molecule has 5 rings (SSSR count). The zero-order valence-electron chi connectivity index (χ0n) is 21.1. The van der Waals surface area contributed by atoms with Crippen LogP contribution in [0.2, 0.25) is 5.02 Å². The van der Waals surface area contributed by atoms with Gasteiger partial charge in [-0.05, 0) is 72.9 Å². The quantitative estimate of drug-likeness (QED) is 0.392. The van der Waals surface area contributed by atoms with Crippen molar-refractivity contribution in [3.8, 4) is 0 Å². The second kappa shape index (κ2) is 10.8. The van der Waals surface area contributed by atoms with Crippen LogP contribution in [0.5, 0.6) is 0 Å². The van der Waals surface area contributed by atoms with E-state index in [-0.39, 0.29) is 12.1 Å². The van der Waals surface area contributed by atoms with Crippen molar-refractivity contribution in [1.82, 2.24) is 14.9 Å². The molecule has 1 aromatic carbocycles. The number of rotatable bonds is 7. The first-order valence-electron chi connectivity index (χ1n) is 12.7. The number of halogens is 1. The van der Waals surface area contributed by atoms with Crippen LogP contribution in [0.4, 0.5) is 11.4 Å². The van der Waals surface area contributed by atoms with Crippen LogP contribution in [0.15, 0.2) is 60.9 Å². The van der Waals surface area contributed by atoms with Crippen molar-refractivity contribution in [3.63, 3.8) is 0 Å². The predicted octanol–water partition coefficient (Wildman–Crippen LogP) is 5.84. The Morgan fingerprint density at radius 2 is 1.92 bits per heavy atom. The molecule has 4 heterocycles.